The van der Waals surface area contributed by atoms with Gasteiger partial charge < -0.3 is 4.74 Å². The first-order valence-electron chi connectivity index (χ1n) is 6.74. The average molecular weight is 378 g/mol. The second-order valence-electron chi connectivity index (χ2n) is 4.55. The molecule has 5 nitrogen and oxygen atoms in total. The van der Waals surface area contributed by atoms with Crippen LogP contribution < -0.4 is 0 Å². The van der Waals surface area contributed by atoms with Crippen molar-refractivity contribution in [2.45, 2.75) is 32.1 Å². The summed E-state index contributed by atoms with van der Waals surface area (Å²) >= 11 is 3.28. The summed E-state index contributed by atoms with van der Waals surface area (Å²) in [7, 11) is -3.73. The van der Waals surface area contributed by atoms with Gasteiger partial charge in [0.2, 0.25) is 10.0 Å². The third kappa shape index (κ3) is 4.79. The first-order chi connectivity index (χ1) is 9.82. The van der Waals surface area contributed by atoms with E-state index in [4.69, 9.17) is 4.74 Å². The van der Waals surface area contributed by atoms with Crippen molar-refractivity contribution in [2.75, 3.05) is 19.7 Å². The van der Waals surface area contributed by atoms with E-state index in [2.05, 4.69) is 15.9 Å². The molecule has 0 atom stereocenters. The summed E-state index contributed by atoms with van der Waals surface area (Å²) in [5, 5.41) is 0. The number of carbonyl (C=O) groups excluding carboxylic acids is 1. The van der Waals surface area contributed by atoms with Gasteiger partial charge in [-0.1, -0.05) is 28.9 Å². The molecule has 0 aliphatic carbocycles. The molecular formula is C14H20BrNO4S. The normalized spacial score (nSPS) is 11.7. The monoisotopic (exact) mass is 377 g/mol. The number of carbonyl (C=O) groups is 1. The Morgan fingerprint density at radius 1 is 1.33 bits per heavy atom. The first-order valence-corrected chi connectivity index (χ1v) is 8.98. The van der Waals surface area contributed by atoms with Gasteiger partial charge in [0, 0.05) is 11.0 Å². The zero-order valence-electron chi connectivity index (χ0n) is 12.4. The van der Waals surface area contributed by atoms with Crippen molar-refractivity contribution in [1.82, 2.24) is 4.31 Å². The summed E-state index contributed by atoms with van der Waals surface area (Å²) in [5.41, 5.74) is 0.642. The number of rotatable bonds is 7. The number of sulfonamides is 1. The molecule has 0 spiro atoms. The number of aryl methyl sites for hydroxylation is 1. The zero-order chi connectivity index (χ0) is 16.0. The van der Waals surface area contributed by atoms with Crippen LogP contribution in [0.25, 0.3) is 0 Å². The summed E-state index contributed by atoms with van der Waals surface area (Å²) < 4.78 is 32.2. The fourth-order valence-electron chi connectivity index (χ4n) is 1.88. The maximum atomic E-state index is 12.7. The smallest absolute Gasteiger partial charge is 0.321 e. The van der Waals surface area contributed by atoms with Gasteiger partial charge in [0.15, 0.2) is 0 Å². The highest BCUT2D eigenvalue weighted by atomic mass is 79.9. The molecule has 0 aromatic heterocycles. The molecule has 1 aromatic carbocycles. The van der Waals surface area contributed by atoms with Gasteiger partial charge in [-0.3, -0.25) is 4.79 Å². The van der Waals surface area contributed by atoms with Crippen LogP contribution in [0.5, 0.6) is 0 Å². The number of ether oxygens (including phenoxy) is 1. The second kappa shape index (κ2) is 7.91. The Hall–Kier alpha value is -0.920. The van der Waals surface area contributed by atoms with Gasteiger partial charge in [-0.2, -0.15) is 4.31 Å². The quantitative estimate of drug-likeness (QED) is 0.685. The SMILES string of the molecule is CCCN(CC(=O)OCC)S(=O)(=O)c1cc(Br)ccc1C. The van der Waals surface area contributed by atoms with E-state index in [1.165, 1.54) is 4.31 Å². The Morgan fingerprint density at radius 3 is 2.57 bits per heavy atom. The zero-order valence-corrected chi connectivity index (χ0v) is 14.8. The number of hydrogen-bond donors (Lipinski definition) is 0. The summed E-state index contributed by atoms with van der Waals surface area (Å²) in [6.07, 6.45) is 0.617. The van der Waals surface area contributed by atoms with E-state index < -0.39 is 16.0 Å². The lowest BCUT2D eigenvalue weighted by Gasteiger charge is -2.21. The van der Waals surface area contributed by atoms with Crippen LogP contribution in [-0.2, 0) is 19.6 Å². The van der Waals surface area contributed by atoms with Crippen molar-refractivity contribution in [3.63, 3.8) is 0 Å². The summed E-state index contributed by atoms with van der Waals surface area (Å²) in [6, 6.07) is 5.06. The number of hydrogen-bond acceptors (Lipinski definition) is 4. The van der Waals surface area contributed by atoms with Gasteiger partial charge in [0.05, 0.1) is 11.5 Å². The minimum atomic E-state index is -3.73. The minimum Gasteiger partial charge on any atom is -0.465 e. The highest BCUT2D eigenvalue weighted by Crippen LogP contribution is 2.24. The van der Waals surface area contributed by atoms with E-state index in [-0.39, 0.29) is 24.6 Å². The molecule has 0 fully saturated rings. The van der Waals surface area contributed by atoms with Crippen LogP contribution in [0.2, 0.25) is 0 Å². The van der Waals surface area contributed by atoms with Crippen molar-refractivity contribution in [1.29, 1.82) is 0 Å². The fourth-order valence-corrected chi connectivity index (χ4v) is 4.12. The van der Waals surface area contributed by atoms with E-state index in [1.807, 2.05) is 6.92 Å². The average Bonchev–Trinajstić information content (AvgIpc) is 2.41. The lowest BCUT2D eigenvalue weighted by Crippen LogP contribution is -2.37. The van der Waals surface area contributed by atoms with Crippen LogP contribution in [0, 0.1) is 6.92 Å². The van der Waals surface area contributed by atoms with Gasteiger partial charge in [-0.15, -0.1) is 0 Å². The van der Waals surface area contributed by atoms with Crippen LogP contribution in [-0.4, -0.2) is 38.4 Å². The maximum Gasteiger partial charge on any atom is 0.321 e. The molecule has 0 amide bonds. The molecule has 7 heteroatoms. The van der Waals surface area contributed by atoms with Crippen LogP contribution in [0.1, 0.15) is 25.8 Å². The Balaban J connectivity index is 3.15. The van der Waals surface area contributed by atoms with Crippen molar-refractivity contribution in [3.05, 3.63) is 28.2 Å². The van der Waals surface area contributed by atoms with Crippen molar-refractivity contribution >= 4 is 31.9 Å². The first kappa shape index (κ1) is 18.1. The van der Waals surface area contributed by atoms with Gasteiger partial charge in [0.25, 0.3) is 0 Å². The molecule has 0 saturated carbocycles. The standard InChI is InChI=1S/C14H20BrNO4S/c1-4-8-16(10-14(17)20-5-2)21(18,19)13-9-12(15)7-6-11(13)3/h6-7,9H,4-5,8,10H2,1-3H3. The Morgan fingerprint density at radius 2 is 2.00 bits per heavy atom. The highest BCUT2D eigenvalue weighted by Gasteiger charge is 2.28. The molecule has 0 bridgehead atoms. The topological polar surface area (TPSA) is 63.7 Å². The molecule has 1 aromatic rings. The van der Waals surface area contributed by atoms with E-state index >= 15 is 0 Å². The molecule has 0 radical (unpaired) electrons. The van der Waals surface area contributed by atoms with E-state index in [0.717, 1.165) is 0 Å². The molecular weight excluding hydrogens is 358 g/mol. The molecule has 0 aliphatic rings. The van der Waals surface area contributed by atoms with Crippen LogP contribution in [0.15, 0.2) is 27.6 Å². The Bertz CT molecular complexity index is 601. The summed E-state index contributed by atoms with van der Waals surface area (Å²) in [6.45, 7) is 5.52. The number of esters is 1. The predicted molar refractivity (Wildman–Crippen MR) is 84.6 cm³/mol. The minimum absolute atomic E-state index is 0.203. The Kier molecular flexibility index (Phi) is 6.83. The molecule has 0 N–H and O–H groups in total. The van der Waals surface area contributed by atoms with Gasteiger partial charge in [-0.05, 0) is 38.0 Å². The van der Waals surface area contributed by atoms with Gasteiger partial charge in [-0.25, -0.2) is 8.42 Å². The molecule has 0 saturated heterocycles. The third-order valence-electron chi connectivity index (χ3n) is 2.85. The molecule has 0 unspecified atom stereocenters. The second-order valence-corrected chi connectivity index (χ2v) is 7.38. The predicted octanol–water partition coefficient (Wildman–Crippen LogP) is 2.72. The Labute approximate surface area is 134 Å². The van der Waals surface area contributed by atoms with Crippen molar-refractivity contribution in [3.8, 4) is 0 Å². The number of nitrogens with zero attached hydrogens (tertiary/aromatic N) is 1. The number of halogens is 1. The lowest BCUT2D eigenvalue weighted by molar-refractivity contribution is -0.143. The summed E-state index contributed by atoms with van der Waals surface area (Å²) in [5.74, 6) is -0.540. The van der Waals surface area contributed by atoms with E-state index in [1.54, 1.807) is 32.0 Å². The summed E-state index contributed by atoms with van der Waals surface area (Å²) in [4.78, 5) is 11.8. The van der Waals surface area contributed by atoms with Gasteiger partial charge >= 0.3 is 5.97 Å². The molecule has 0 aliphatic heterocycles. The lowest BCUT2D eigenvalue weighted by atomic mass is 10.2. The van der Waals surface area contributed by atoms with Crippen LogP contribution in [0.3, 0.4) is 0 Å². The molecule has 21 heavy (non-hydrogen) atoms. The van der Waals surface area contributed by atoms with E-state index in [0.29, 0.717) is 16.5 Å². The number of benzene rings is 1. The molecule has 0 heterocycles. The largest absolute Gasteiger partial charge is 0.465 e. The highest BCUT2D eigenvalue weighted by molar-refractivity contribution is 9.10. The van der Waals surface area contributed by atoms with E-state index in [9.17, 15) is 13.2 Å². The van der Waals surface area contributed by atoms with Crippen molar-refractivity contribution < 1.29 is 17.9 Å². The van der Waals surface area contributed by atoms with Crippen LogP contribution >= 0.6 is 15.9 Å². The molecule has 118 valence electrons. The fraction of sp³-hybridized carbons (Fsp3) is 0.500. The van der Waals surface area contributed by atoms with Gasteiger partial charge in [0.1, 0.15) is 6.54 Å². The van der Waals surface area contributed by atoms with Crippen molar-refractivity contribution in [2.24, 2.45) is 0 Å². The molecule has 1 rings (SSSR count). The maximum absolute atomic E-state index is 12.7. The van der Waals surface area contributed by atoms with Crippen LogP contribution in [0.4, 0.5) is 0 Å². The third-order valence-corrected chi connectivity index (χ3v) is 5.33.